The summed E-state index contributed by atoms with van der Waals surface area (Å²) in [5.41, 5.74) is 0.325. The van der Waals surface area contributed by atoms with Gasteiger partial charge < -0.3 is 23.9 Å². The Labute approximate surface area is 185 Å². The molecule has 2 aromatic carbocycles. The summed E-state index contributed by atoms with van der Waals surface area (Å²) in [5.74, 6) is 6.94. The van der Waals surface area contributed by atoms with Gasteiger partial charge in [-0.3, -0.25) is 4.79 Å². The lowest BCUT2D eigenvalue weighted by molar-refractivity contribution is 0.0955. The van der Waals surface area contributed by atoms with Gasteiger partial charge in [-0.2, -0.15) is 0 Å². The fourth-order valence-corrected chi connectivity index (χ4v) is 3.58. The van der Waals surface area contributed by atoms with Crippen molar-refractivity contribution in [3.05, 3.63) is 64.0 Å². The topological polar surface area (TPSA) is 87.0 Å². The van der Waals surface area contributed by atoms with Crippen molar-refractivity contribution in [3.63, 3.8) is 0 Å². The van der Waals surface area contributed by atoms with Gasteiger partial charge in [-0.15, -0.1) is 0 Å². The molecular weight excluding hydrogens is 410 g/mol. The number of para-hydroxylation sites is 2. The van der Waals surface area contributed by atoms with E-state index in [0.717, 1.165) is 17.7 Å². The summed E-state index contributed by atoms with van der Waals surface area (Å²) in [6, 6.07) is 12.4. The predicted octanol–water partition coefficient (Wildman–Crippen LogP) is 3.33. The first kappa shape index (κ1) is 21.3. The number of fused-ring (bicyclic) bond motifs is 2. The lowest BCUT2D eigenvalue weighted by Gasteiger charge is -2.17. The number of hydrogen-bond acceptors (Lipinski definition) is 6. The number of rotatable bonds is 5. The standard InChI is InChI=1S/C25H23NO6/c1-25(2)15-17-9-7-11-20(22(17)32-25)30-13-5-4-12-26-23(27)18-14-16-8-6-10-19(29-3)21(16)31-24(18)28/h6-11,14H,12-13,15H2,1-3H3,(H,26,27). The van der Waals surface area contributed by atoms with Gasteiger partial charge in [0.05, 0.1) is 13.7 Å². The maximum Gasteiger partial charge on any atom is 0.349 e. The average molecular weight is 433 g/mol. The van der Waals surface area contributed by atoms with Crippen molar-refractivity contribution in [1.82, 2.24) is 5.32 Å². The molecule has 164 valence electrons. The minimum Gasteiger partial charge on any atom is -0.493 e. The van der Waals surface area contributed by atoms with Crippen LogP contribution in [0.15, 0.2) is 51.7 Å². The molecule has 0 aliphatic carbocycles. The predicted molar refractivity (Wildman–Crippen MR) is 119 cm³/mol. The first-order valence-electron chi connectivity index (χ1n) is 10.2. The Balaban J connectivity index is 1.35. The average Bonchev–Trinajstić information content (AvgIpc) is 3.09. The van der Waals surface area contributed by atoms with Crippen LogP contribution in [0.2, 0.25) is 0 Å². The van der Waals surface area contributed by atoms with E-state index >= 15 is 0 Å². The third kappa shape index (κ3) is 4.40. The molecule has 32 heavy (non-hydrogen) atoms. The largest absolute Gasteiger partial charge is 0.493 e. The highest BCUT2D eigenvalue weighted by atomic mass is 16.5. The highest BCUT2D eigenvalue weighted by Crippen LogP contribution is 2.41. The van der Waals surface area contributed by atoms with Gasteiger partial charge in [0.1, 0.15) is 17.8 Å². The SMILES string of the molecule is COc1cccc2cc(C(=O)NCC#CCOc3cccc4c3OC(C)(C)C4)c(=O)oc12. The Bertz CT molecular complexity index is 1300. The lowest BCUT2D eigenvalue weighted by Crippen LogP contribution is -2.28. The number of amides is 1. The molecule has 1 aliphatic rings. The molecule has 1 N–H and O–H groups in total. The number of benzene rings is 2. The number of methoxy groups -OCH3 is 1. The molecule has 2 heterocycles. The zero-order valence-corrected chi connectivity index (χ0v) is 18.1. The zero-order valence-electron chi connectivity index (χ0n) is 18.1. The van der Waals surface area contributed by atoms with E-state index in [1.165, 1.54) is 13.2 Å². The van der Waals surface area contributed by atoms with E-state index in [9.17, 15) is 9.59 Å². The molecule has 0 fully saturated rings. The van der Waals surface area contributed by atoms with Crippen molar-refractivity contribution in [3.8, 4) is 29.1 Å². The summed E-state index contributed by atoms with van der Waals surface area (Å²) >= 11 is 0. The molecule has 0 atom stereocenters. The van der Waals surface area contributed by atoms with E-state index < -0.39 is 11.5 Å². The quantitative estimate of drug-likeness (QED) is 0.491. The molecule has 7 heteroatoms. The van der Waals surface area contributed by atoms with Crippen LogP contribution in [0.5, 0.6) is 17.2 Å². The van der Waals surface area contributed by atoms with Crippen LogP contribution in [0.3, 0.4) is 0 Å². The van der Waals surface area contributed by atoms with E-state index in [-0.39, 0.29) is 24.3 Å². The van der Waals surface area contributed by atoms with E-state index in [4.69, 9.17) is 18.6 Å². The monoisotopic (exact) mass is 433 g/mol. The second kappa shape index (κ2) is 8.67. The summed E-state index contributed by atoms with van der Waals surface area (Å²) in [7, 11) is 1.48. The lowest BCUT2D eigenvalue weighted by atomic mass is 10.0. The van der Waals surface area contributed by atoms with E-state index in [1.807, 2.05) is 32.0 Å². The van der Waals surface area contributed by atoms with Crippen LogP contribution in [-0.4, -0.2) is 31.8 Å². The number of nitrogens with one attached hydrogen (secondary N) is 1. The second-order valence-corrected chi connectivity index (χ2v) is 7.93. The van der Waals surface area contributed by atoms with Crippen LogP contribution in [0, 0.1) is 11.8 Å². The van der Waals surface area contributed by atoms with Gasteiger partial charge >= 0.3 is 5.63 Å². The first-order chi connectivity index (χ1) is 15.4. The molecule has 1 aliphatic heterocycles. The fraction of sp³-hybridized carbons (Fsp3) is 0.280. The van der Waals surface area contributed by atoms with Gasteiger partial charge in [0, 0.05) is 17.4 Å². The Morgan fingerprint density at radius 1 is 1.16 bits per heavy atom. The van der Waals surface area contributed by atoms with Crippen LogP contribution >= 0.6 is 0 Å². The molecule has 3 aromatic rings. The van der Waals surface area contributed by atoms with Gasteiger partial charge in [-0.1, -0.05) is 36.1 Å². The Hall–Kier alpha value is -3.92. The van der Waals surface area contributed by atoms with Gasteiger partial charge in [0.25, 0.3) is 5.91 Å². The van der Waals surface area contributed by atoms with Gasteiger partial charge in [0.15, 0.2) is 22.8 Å². The maximum atomic E-state index is 12.4. The first-order valence-corrected chi connectivity index (χ1v) is 10.2. The summed E-state index contributed by atoms with van der Waals surface area (Å²) in [6.07, 6.45) is 0.826. The third-order valence-corrected chi connectivity index (χ3v) is 5.01. The molecule has 0 radical (unpaired) electrons. The van der Waals surface area contributed by atoms with Gasteiger partial charge in [-0.25, -0.2) is 4.79 Å². The van der Waals surface area contributed by atoms with Crippen molar-refractivity contribution in [2.24, 2.45) is 0 Å². The minimum absolute atomic E-state index is 0.0637. The van der Waals surface area contributed by atoms with Crippen LogP contribution in [-0.2, 0) is 6.42 Å². The number of hydrogen-bond donors (Lipinski definition) is 1. The molecule has 0 spiro atoms. The van der Waals surface area contributed by atoms with Crippen LogP contribution < -0.4 is 25.2 Å². The molecular formula is C25H23NO6. The Morgan fingerprint density at radius 2 is 1.94 bits per heavy atom. The smallest absolute Gasteiger partial charge is 0.349 e. The van der Waals surface area contributed by atoms with Crippen LogP contribution in [0.25, 0.3) is 11.0 Å². The molecule has 4 rings (SSSR count). The summed E-state index contributed by atoms with van der Waals surface area (Å²) < 4.78 is 22.2. The van der Waals surface area contributed by atoms with Crippen molar-refractivity contribution in [2.45, 2.75) is 25.9 Å². The minimum atomic E-state index is -0.739. The fourth-order valence-electron chi connectivity index (χ4n) is 3.58. The third-order valence-electron chi connectivity index (χ3n) is 5.01. The molecule has 7 nitrogen and oxygen atoms in total. The van der Waals surface area contributed by atoms with E-state index in [1.54, 1.807) is 18.2 Å². The maximum absolute atomic E-state index is 12.4. The molecule has 1 aromatic heterocycles. The second-order valence-electron chi connectivity index (χ2n) is 7.93. The summed E-state index contributed by atoms with van der Waals surface area (Å²) in [4.78, 5) is 24.6. The Morgan fingerprint density at radius 3 is 2.75 bits per heavy atom. The van der Waals surface area contributed by atoms with Crippen molar-refractivity contribution < 1.29 is 23.4 Å². The van der Waals surface area contributed by atoms with Gasteiger partial charge in [0.2, 0.25) is 0 Å². The Kier molecular flexibility index (Phi) is 5.78. The highest BCUT2D eigenvalue weighted by Gasteiger charge is 2.32. The number of carbonyl (C=O) groups excluding carboxylic acids is 1. The number of carbonyl (C=O) groups is 1. The molecule has 0 unspecified atom stereocenters. The highest BCUT2D eigenvalue weighted by molar-refractivity contribution is 5.97. The van der Waals surface area contributed by atoms with Crippen molar-refractivity contribution >= 4 is 16.9 Å². The summed E-state index contributed by atoms with van der Waals surface area (Å²) in [6.45, 7) is 4.28. The normalized spacial score (nSPS) is 13.5. The van der Waals surface area contributed by atoms with Crippen LogP contribution in [0.1, 0.15) is 29.8 Å². The van der Waals surface area contributed by atoms with Crippen LogP contribution in [0.4, 0.5) is 0 Å². The molecule has 1 amide bonds. The molecule has 0 saturated carbocycles. The molecule has 0 saturated heterocycles. The van der Waals surface area contributed by atoms with Gasteiger partial charge in [-0.05, 0) is 32.0 Å². The van der Waals surface area contributed by atoms with E-state index in [0.29, 0.717) is 22.5 Å². The number of ether oxygens (including phenoxy) is 3. The molecule has 0 bridgehead atoms. The zero-order chi connectivity index (χ0) is 22.7. The summed E-state index contributed by atoms with van der Waals surface area (Å²) in [5, 5.41) is 3.19. The van der Waals surface area contributed by atoms with Crippen molar-refractivity contribution in [1.29, 1.82) is 0 Å². The van der Waals surface area contributed by atoms with Crippen molar-refractivity contribution in [2.75, 3.05) is 20.3 Å². The van der Waals surface area contributed by atoms with E-state index in [2.05, 4.69) is 17.2 Å².